The molecule has 0 aromatic heterocycles. The summed E-state index contributed by atoms with van der Waals surface area (Å²) in [5, 5.41) is 0.225. The first-order valence-electron chi connectivity index (χ1n) is 5.63. The maximum atomic E-state index is 13.0. The molecule has 2 aromatic carbocycles. The van der Waals surface area contributed by atoms with E-state index in [9.17, 15) is 12.8 Å². The smallest absolute Gasteiger partial charge is 0.262 e. The Morgan fingerprint density at radius 3 is 2.55 bits per heavy atom. The van der Waals surface area contributed by atoms with Crippen LogP contribution in [0.2, 0.25) is 5.02 Å². The van der Waals surface area contributed by atoms with Gasteiger partial charge in [0.05, 0.1) is 15.6 Å². The third-order valence-electron chi connectivity index (χ3n) is 2.66. The zero-order chi connectivity index (χ0) is 14.9. The van der Waals surface area contributed by atoms with Crippen LogP contribution in [0.5, 0.6) is 0 Å². The third kappa shape index (κ3) is 3.02. The lowest BCUT2D eigenvalue weighted by molar-refractivity contribution is 0.598. The fourth-order valence-corrected chi connectivity index (χ4v) is 3.25. The molecular weight excluding hydrogens is 303 g/mol. The molecular formula is C13H12ClFN2O2S. The van der Waals surface area contributed by atoms with Gasteiger partial charge >= 0.3 is 0 Å². The Morgan fingerprint density at radius 1 is 1.20 bits per heavy atom. The summed E-state index contributed by atoms with van der Waals surface area (Å²) in [5.41, 5.74) is 6.45. The minimum absolute atomic E-state index is 0.0163. The molecule has 0 aliphatic carbocycles. The number of nitrogens with one attached hydrogen (secondary N) is 1. The molecule has 0 saturated heterocycles. The second-order valence-corrected chi connectivity index (χ2v) is 6.31. The Hall–Kier alpha value is -1.79. The highest BCUT2D eigenvalue weighted by atomic mass is 35.5. The van der Waals surface area contributed by atoms with Crippen molar-refractivity contribution in [3.8, 4) is 0 Å². The van der Waals surface area contributed by atoms with Crippen LogP contribution < -0.4 is 10.5 Å². The minimum Gasteiger partial charge on any atom is -0.399 e. The molecule has 0 saturated carbocycles. The number of hydrogen-bond donors (Lipinski definition) is 2. The van der Waals surface area contributed by atoms with E-state index >= 15 is 0 Å². The predicted molar refractivity (Wildman–Crippen MR) is 77.8 cm³/mol. The molecule has 0 aliphatic rings. The van der Waals surface area contributed by atoms with Crippen LogP contribution in [0.1, 0.15) is 5.56 Å². The van der Waals surface area contributed by atoms with Crippen molar-refractivity contribution in [2.75, 3.05) is 10.5 Å². The van der Waals surface area contributed by atoms with Crippen LogP contribution in [-0.4, -0.2) is 8.42 Å². The number of aryl methyl sites for hydroxylation is 1. The molecule has 0 amide bonds. The van der Waals surface area contributed by atoms with Gasteiger partial charge in [-0.05, 0) is 48.9 Å². The molecule has 0 aliphatic heterocycles. The van der Waals surface area contributed by atoms with Crippen LogP contribution in [0.4, 0.5) is 15.8 Å². The average molecular weight is 315 g/mol. The molecule has 2 aromatic rings. The predicted octanol–water partition coefficient (Wildman–Crippen LogP) is 3.17. The fraction of sp³-hybridized carbons (Fsp3) is 0.0769. The Bertz CT molecular complexity index is 763. The number of hydrogen-bond acceptors (Lipinski definition) is 3. The van der Waals surface area contributed by atoms with Gasteiger partial charge in [0.1, 0.15) is 5.82 Å². The third-order valence-corrected chi connectivity index (χ3v) is 4.52. The minimum atomic E-state index is -3.86. The SMILES string of the molecule is Cc1cc(F)ccc1S(=O)(=O)Nc1cc(N)ccc1Cl. The van der Waals surface area contributed by atoms with Crippen LogP contribution in [0.25, 0.3) is 0 Å². The van der Waals surface area contributed by atoms with Crippen molar-refractivity contribution in [3.63, 3.8) is 0 Å². The van der Waals surface area contributed by atoms with E-state index in [0.717, 1.165) is 12.1 Å². The number of halogens is 2. The highest BCUT2D eigenvalue weighted by Gasteiger charge is 2.18. The van der Waals surface area contributed by atoms with Gasteiger partial charge in [-0.25, -0.2) is 12.8 Å². The van der Waals surface area contributed by atoms with Crippen LogP contribution in [0, 0.1) is 12.7 Å². The van der Waals surface area contributed by atoms with Gasteiger partial charge in [-0.1, -0.05) is 11.6 Å². The Balaban J connectivity index is 2.43. The van der Waals surface area contributed by atoms with Crippen molar-refractivity contribution in [2.24, 2.45) is 0 Å². The first-order valence-corrected chi connectivity index (χ1v) is 7.50. The van der Waals surface area contributed by atoms with E-state index in [4.69, 9.17) is 17.3 Å². The van der Waals surface area contributed by atoms with Gasteiger partial charge in [0.15, 0.2) is 0 Å². The molecule has 0 fully saturated rings. The summed E-state index contributed by atoms with van der Waals surface area (Å²) in [7, 11) is -3.86. The first-order chi connectivity index (χ1) is 9.29. The molecule has 2 rings (SSSR count). The maximum Gasteiger partial charge on any atom is 0.262 e. The van der Waals surface area contributed by atoms with Gasteiger partial charge in [-0.2, -0.15) is 0 Å². The van der Waals surface area contributed by atoms with Gasteiger partial charge in [-0.3, -0.25) is 4.72 Å². The maximum absolute atomic E-state index is 13.0. The summed E-state index contributed by atoms with van der Waals surface area (Å²) in [5.74, 6) is -0.497. The summed E-state index contributed by atoms with van der Waals surface area (Å²) in [6, 6.07) is 7.90. The summed E-state index contributed by atoms with van der Waals surface area (Å²) in [6.07, 6.45) is 0. The number of anilines is 2. The molecule has 0 atom stereocenters. The number of benzene rings is 2. The number of nitrogen functional groups attached to an aromatic ring is 1. The van der Waals surface area contributed by atoms with Gasteiger partial charge < -0.3 is 5.73 Å². The number of nitrogens with two attached hydrogens (primary N) is 1. The van der Waals surface area contributed by atoms with Crippen LogP contribution >= 0.6 is 11.6 Å². The molecule has 0 unspecified atom stereocenters. The zero-order valence-electron chi connectivity index (χ0n) is 10.5. The monoisotopic (exact) mass is 314 g/mol. The molecule has 0 radical (unpaired) electrons. The van der Waals surface area contributed by atoms with Crippen LogP contribution in [0.3, 0.4) is 0 Å². The fourth-order valence-electron chi connectivity index (χ4n) is 1.74. The molecule has 3 N–H and O–H groups in total. The molecule has 0 heterocycles. The van der Waals surface area contributed by atoms with Gasteiger partial charge in [0, 0.05) is 5.69 Å². The summed E-state index contributed by atoms with van der Waals surface area (Å²) < 4.78 is 39.9. The first kappa shape index (κ1) is 14.6. The van der Waals surface area contributed by atoms with Gasteiger partial charge in [0.25, 0.3) is 10.0 Å². The average Bonchev–Trinajstić information content (AvgIpc) is 2.33. The second-order valence-electron chi connectivity index (χ2n) is 4.25. The van der Waals surface area contributed by atoms with Gasteiger partial charge in [-0.15, -0.1) is 0 Å². The van der Waals surface area contributed by atoms with Crippen LogP contribution in [-0.2, 0) is 10.0 Å². The second kappa shape index (κ2) is 5.30. The molecule has 4 nitrogen and oxygen atoms in total. The Morgan fingerprint density at radius 2 is 1.90 bits per heavy atom. The number of rotatable bonds is 3. The van der Waals surface area contributed by atoms with E-state index in [1.807, 2.05) is 0 Å². The normalized spacial score (nSPS) is 11.3. The Kier molecular flexibility index (Phi) is 3.87. The van der Waals surface area contributed by atoms with E-state index < -0.39 is 15.8 Å². The van der Waals surface area contributed by atoms with Crippen LogP contribution in [0.15, 0.2) is 41.3 Å². The van der Waals surface area contributed by atoms with Gasteiger partial charge in [0.2, 0.25) is 0 Å². The van der Waals surface area contributed by atoms with E-state index in [-0.39, 0.29) is 15.6 Å². The van der Waals surface area contributed by atoms with E-state index in [1.165, 1.54) is 25.1 Å². The van der Waals surface area contributed by atoms with E-state index in [2.05, 4.69) is 4.72 Å². The van der Waals surface area contributed by atoms with E-state index in [1.54, 1.807) is 6.07 Å². The molecule has 20 heavy (non-hydrogen) atoms. The number of sulfonamides is 1. The highest BCUT2D eigenvalue weighted by molar-refractivity contribution is 7.92. The van der Waals surface area contributed by atoms with Crippen molar-refractivity contribution >= 4 is 33.0 Å². The summed E-state index contributed by atoms with van der Waals surface area (Å²) in [4.78, 5) is -0.0163. The topological polar surface area (TPSA) is 72.2 Å². The standard InChI is InChI=1S/C13H12ClFN2O2S/c1-8-6-9(15)2-5-13(8)20(18,19)17-12-7-10(16)3-4-11(12)14/h2-7,17H,16H2,1H3. The lowest BCUT2D eigenvalue weighted by Gasteiger charge is -2.12. The van der Waals surface area contributed by atoms with Crippen molar-refractivity contribution < 1.29 is 12.8 Å². The van der Waals surface area contributed by atoms with Crippen molar-refractivity contribution in [1.29, 1.82) is 0 Å². The highest BCUT2D eigenvalue weighted by Crippen LogP contribution is 2.27. The quantitative estimate of drug-likeness (QED) is 0.855. The molecule has 106 valence electrons. The van der Waals surface area contributed by atoms with Crippen molar-refractivity contribution in [1.82, 2.24) is 0 Å². The van der Waals surface area contributed by atoms with Crippen molar-refractivity contribution in [3.05, 3.63) is 52.8 Å². The van der Waals surface area contributed by atoms with E-state index in [0.29, 0.717) is 11.3 Å². The summed E-state index contributed by atoms with van der Waals surface area (Å²) in [6.45, 7) is 1.51. The zero-order valence-corrected chi connectivity index (χ0v) is 12.1. The largest absolute Gasteiger partial charge is 0.399 e. The lowest BCUT2D eigenvalue weighted by Crippen LogP contribution is -2.14. The van der Waals surface area contributed by atoms with Crippen molar-refractivity contribution in [2.45, 2.75) is 11.8 Å². The lowest BCUT2D eigenvalue weighted by atomic mass is 10.2. The molecule has 0 spiro atoms. The Labute approximate surface area is 121 Å². The molecule has 0 bridgehead atoms. The molecule has 7 heteroatoms. The summed E-state index contributed by atoms with van der Waals surface area (Å²) >= 11 is 5.91.